The molecular formula is C21H28N4O4S. The Hall–Kier alpha value is -2.26. The van der Waals surface area contributed by atoms with Crippen LogP contribution in [0, 0.1) is 19.8 Å². The lowest BCUT2D eigenvalue weighted by Crippen LogP contribution is -2.47. The lowest BCUT2D eigenvalue weighted by Gasteiger charge is -2.32. The van der Waals surface area contributed by atoms with Crippen molar-refractivity contribution >= 4 is 15.9 Å². The third kappa shape index (κ3) is 4.27. The summed E-state index contributed by atoms with van der Waals surface area (Å²) in [5.41, 5.74) is 1.24. The molecular weight excluding hydrogens is 404 g/mol. The van der Waals surface area contributed by atoms with Crippen molar-refractivity contribution in [3.63, 3.8) is 0 Å². The molecule has 1 saturated carbocycles. The van der Waals surface area contributed by atoms with Crippen LogP contribution in [0.1, 0.15) is 50.0 Å². The highest BCUT2D eigenvalue weighted by molar-refractivity contribution is 7.89. The van der Waals surface area contributed by atoms with Crippen molar-refractivity contribution in [1.29, 1.82) is 0 Å². The first-order chi connectivity index (χ1) is 14.3. The van der Waals surface area contributed by atoms with Crippen LogP contribution in [0.2, 0.25) is 0 Å². The second-order valence-corrected chi connectivity index (χ2v) is 10.2. The molecule has 1 aromatic heterocycles. The summed E-state index contributed by atoms with van der Waals surface area (Å²) in [5.74, 6) is 0.450. The van der Waals surface area contributed by atoms with Gasteiger partial charge in [-0.2, -0.15) is 9.29 Å². The predicted octanol–water partition coefficient (Wildman–Crippen LogP) is 2.81. The Morgan fingerprint density at radius 2 is 1.93 bits per heavy atom. The summed E-state index contributed by atoms with van der Waals surface area (Å²) >= 11 is 0. The molecule has 8 nitrogen and oxygen atoms in total. The van der Waals surface area contributed by atoms with E-state index in [9.17, 15) is 13.2 Å². The largest absolute Gasteiger partial charge is 0.353 e. The average molecular weight is 433 g/mol. The van der Waals surface area contributed by atoms with Crippen LogP contribution in [0.15, 0.2) is 27.6 Å². The van der Waals surface area contributed by atoms with Gasteiger partial charge in [0.15, 0.2) is 0 Å². The zero-order valence-corrected chi connectivity index (χ0v) is 18.2. The summed E-state index contributed by atoms with van der Waals surface area (Å²) in [6, 6.07) is 5.37. The topological polar surface area (TPSA) is 105 Å². The number of carbonyl (C=O) groups is 1. The van der Waals surface area contributed by atoms with Crippen LogP contribution in [0.3, 0.4) is 0 Å². The lowest BCUT2D eigenvalue weighted by molar-refractivity contribution is -0.126. The first-order valence-corrected chi connectivity index (χ1v) is 12.0. The number of aromatic nitrogens is 2. The molecule has 1 aliphatic carbocycles. The van der Waals surface area contributed by atoms with Crippen molar-refractivity contribution in [2.24, 2.45) is 5.92 Å². The van der Waals surface area contributed by atoms with E-state index < -0.39 is 10.0 Å². The Morgan fingerprint density at radius 3 is 2.63 bits per heavy atom. The summed E-state index contributed by atoms with van der Waals surface area (Å²) < 4.78 is 33.3. The number of rotatable bonds is 5. The highest BCUT2D eigenvalue weighted by atomic mass is 32.2. The zero-order valence-electron chi connectivity index (χ0n) is 17.4. The van der Waals surface area contributed by atoms with Crippen LogP contribution in [-0.2, 0) is 14.8 Å². The molecule has 2 fully saturated rings. The minimum atomic E-state index is -3.74. The van der Waals surface area contributed by atoms with E-state index in [2.05, 4.69) is 15.5 Å². The van der Waals surface area contributed by atoms with Crippen LogP contribution in [0.25, 0.3) is 11.4 Å². The maximum atomic E-state index is 13.4. The van der Waals surface area contributed by atoms with Crippen molar-refractivity contribution in [2.45, 2.75) is 63.3 Å². The van der Waals surface area contributed by atoms with Crippen molar-refractivity contribution < 1.29 is 17.7 Å². The molecule has 0 unspecified atom stereocenters. The quantitative estimate of drug-likeness (QED) is 0.779. The van der Waals surface area contributed by atoms with Gasteiger partial charge in [0.25, 0.3) is 0 Å². The molecule has 9 heteroatoms. The molecule has 2 heterocycles. The molecule has 2 aromatic rings. The molecule has 0 spiro atoms. The van der Waals surface area contributed by atoms with Crippen LogP contribution in [0.4, 0.5) is 0 Å². The van der Waals surface area contributed by atoms with E-state index in [4.69, 9.17) is 4.52 Å². The van der Waals surface area contributed by atoms with Gasteiger partial charge in [0, 0.05) is 31.6 Å². The third-order valence-electron chi connectivity index (χ3n) is 6.05. The van der Waals surface area contributed by atoms with E-state index in [0.29, 0.717) is 42.2 Å². The first-order valence-electron chi connectivity index (χ1n) is 10.6. The van der Waals surface area contributed by atoms with E-state index in [1.54, 1.807) is 32.0 Å². The Labute approximate surface area is 177 Å². The van der Waals surface area contributed by atoms with Gasteiger partial charge in [0.2, 0.25) is 27.6 Å². The Morgan fingerprint density at radius 1 is 1.17 bits per heavy atom. The van der Waals surface area contributed by atoms with Crippen LogP contribution in [-0.4, -0.2) is 47.9 Å². The fourth-order valence-corrected chi connectivity index (χ4v) is 6.11. The molecule has 0 bridgehead atoms. The highest BCUT2D eigenvalue weighted by Crippen LogP contribution is 2.29. The SMILES string of the molecule is Cc1nc(-c2ccc(C)c(S(=O)(=O)N3CCC[C@H](C(=O)NC4CCCC4)C3)c2)no1. The van der Waals surface area contributed by atoms with Crippen molar-refractivity contribution in [1.82, 2.24) is 19.8 Å². The Bertz CT molecular complexity index is 1030. The van der Waals surface area contributed by atoms with E-state index in [1.165, 1.54) is 4.31 Å². The summed E-state index contributed by atoms with van der Waals surface area (Å²) in [6.45, 7) is 4.09. The molecule has 1 saturated heterocycles. The maximum Gasteiger partial charge on any atom is 0.243 e. The van der Waals surface area contributed by atoms with Gasteiger partial charge in [-0.15, -0.1) is 0 Å². The second-order valence-electron chi connectivity index (χ2n) is 8.31. The Kier molecular flexibility index (Phi) is 5.92. The fourth-order valence-electron chi connectivity index (χ4n) is 4.34. The number of nitrogens with zero attached hydrogens (tertiary/aromatic N) is 3. The highest BCUT2D eigenvalue weighted by Gasteiger charge is 2.35. The zero-order chi connectivity index (χ0) is 21.3. The molecule has 1 amide bonds. The van der Waals surface area contributed by atoms with E-state index in [-0.39, 0.29) is 29.3 Å². The average Bonchev–Trinajstić information content (AvgIpc) is 3.40. The van der Waals surface area contributed by atoms with Gasteiger partial charge >= 0.3 is 0 Å². The van der Waals surface area contributed by atoms with Crippen LogP contribution in [0.5, 0.6) is 0 Å². The minimum absolute atomic E-state index is 0.0189. The number of piperidine rings is 1. The van der Waals surface area contributed by atoms with Gasteiger partial charge in [-0.25, -0.2) is 8.42 Å². The van der Waals surface area contributed by atoms with Gasteiger partial charge in [-0.05, 0) is 44.2 Å². The van der Waals surface area contributed by atoms with Crippen LogP contribution >= 0.6 is 0 Å². The van der Waals surface area contributed by atoms with E-state index in [0.717, 1.165) is 25.7 Å². The van der Waals surface area contributed by atoms with Crippen molar-refractivity contribution in [2.75, 3.05) is 13.1 Å². The Balaban J connectivity index is 1.54. The number of carbonyl (C=O) groups excluding carboxylic acids is 1. The summed E-state index contributed by atoms with van der Waals surface area (Å²) in [5, 5.41) is 7.01. The second kappa shape index (κ2) is 8.47. The smallest absolute Gasteiger partial charge is 0.243 e. The standard InChI is InChI=1S/C21H28N4O4S/c1-14-9-10-16(20-22-15(2)29-24-20)12-19(14)30(27,28)25-11-5-6-17(13-25)21(26)23-18-7-3-4-8-18/h9-10,12,17-18H,3-8,11,13H2,1-2H3,(H,23,26)/t17-/m0/s1. The molecule has 4 rings (SSSR count). The van der Waals surface area contributed by atoms with Gasteiger partial charge in [-0.3, -0.25) is 4.79 Å². The molecule has 2 aliphatic rings. The molecule has 1 atom stereocenters. The summed E-state index contributed by atoms with van der Waals surface area (Å²) in [6.07, 6.45) is 5.71. The number of sulfonamides is 1. The molecule has 30 heavy (non-hydrogen) atoms. The number of hydrogen-bond donors (Lipinski definition) is 1. The van der Waals surface area contributed by atoms with E-state index in [1.807, 2.05) is 0 Å². The normalized spacial score (nSPS) is 21.1. The number of benzene rings is 1. The number of nitrogens with one attached hydrogen (secondary N) is 1. The van der Waals surface area contributed by atoms with Gasteiger partial charge in [0.1, 0.15) is 0 Å². The molecule has 1 aromatic carbocycles. The van der Waals surface area contributed by atoms with Crippen molar-refractivity contribution in [3.8, 4) is 11.4 Å². The molecule has 1 N–H and O–H groups in total. The summed E-state index contributed by atoms with van der Waals surface area (Å²) in [7, 11) is -3.74. The fraction of sp³-hybridized carbons (Fsp3) is 0.571. The van der Waals surface area contributed by atoms with Gasteiger partial charge in [-0.1, -0.05) is 30.1 Å². The minimum Gasteiger partial charge on any atom is -0.353 e. The van der Waals surface area contributed by atoms with Crippen LogP contribution < -0.4 is 5.32 Å². The first kappa shape index (κ1) is 21.0. The third-order valence-corrected chi connectivity index (χ3v) is 8.06. The molecule has 162 valence electrons. The van der Waals surface area contributed by atoms with Gasteiger partial charge < -0.3 is 9.84 Å². The lowest BCUT2D eigenvalue weighted by atomic mass is 9.98. The number of hydrogen-bond acceptors (Lipinski definition) is 6. The monoisotopic (exact) mass is 432 g/mol. The number of amides is 1. The maximum absolute atomic E-state index is 13.4. The predicted molar refractivity (Wildman–Crippen MR) is 111 cm³/mol. The molecule has 1 aliphatic heterocycles. The van der Waals surface area contributed by atoms with Gasteiger partial charge in [0.05, 0.1) is 10.8 Å². The number of aryl methyl sites for hydroxylation is 2. The van der Waals surface area contributed by atoms with E-state index >= 15 is 0 Å². The molecule has 0 radical (unpaired) electrons. The van der Waals surface area contributed by atoms with Crippen molar-refractivity contribution in [3.05, 3.63) is 29.7 Å². The summed E-state index contributed by atoms with van der Waals surface area (Å²) in [4.78, 5) is 17.1.